The molecule has 2 aromatic rings. The molecule has 2 heterocycles. The Labute approximate surface area is 144 Å². The van der Waals surface area contributed by atoms with Crippen LogP contribution in [0.4, 0.5) is 5.82 Å². The van der Waals surface area contributed by atoms with Gasteiger partial charge in [-0.05, 0) is 37.4 Å². The van der Waals surface area contributed by atoms with Crippen molar-refractivity contribution in [2.75, 3.05) is 38.1 Å². The van der Waals surface area contributed by atoms with E-state index in [1.165, 1.54) is 0 Å². The number of β-amino-alcohol motifs (C(OH)–C–C–N with tert-alkyl or cyclic N) is 1. The van der Waals surface area contributed by atoms with Gasteiger partial charge in [0.1, 0.15) is 5.82 Å². The van der Waals surface area contributed by atoms with E-state index in [0.717, 1.165) is 50.4 Å². The summed E-state index contributed by atoms with van der Waals surface area (Å²) in [6.07, 6.45) is 7.17. The molecule has 0 amide bonds. The van der Waals surface area contributed by atoms with Crippen molar-refractivity contribution in [2.45, 2.75) is 18.9 Å². The van der Waals surface area contributed by atoms with Crippen molar-refractivity contribution in [2.24, 2.45) is 5.92 Å². The van der Waals surface area contributed by atoms with Crippen LogP contribution >= 0.6 is 0 Å². The Balaban J connectivity index is 1.44. The van der Waals surface area contributed by atoms with Gasteiger partial charge in [-0.3, -0.25) is 4.98 Å². The lowest BCUT2D eigenvalue weighted by Crippen LogP contribution is -2.39. The van der Waals surface area contributed by atoms with Crippen LogP contribution in [-0.2, 0) is 0 Å². The first-order valence-corrected chi connectivity index (χ1v) is 8.65. The molecule has 5 heteroatoms. The average molecular weight is 326 g/mol. The van der Waals surface area contributed by atoms with Crippen molar-refractivity contribution in [3.8, 4) is 0 Å². The van der Waals surface area contributed by atoms with Gasteiger partial charge in [-0.15, -0.1) is 0 Å². The summed E-state index contributed by atoms with van der Waals surface area (Å²) in [5.74, 6) is 1.60. The number of nitrogens with zero attached hydrogens (tertiary/aromatic N) is 4. The molecule has 1 aliphatic rings. The molecule has 1 aliphatic heterocycles. The maximum absolute atomic E-state index is 10.4. The third-order valence-electron chi connectivity index (χ3n) is 4.80. The Morgan fingerprint density at radius 1 is 1.21 bits per heavy atom. The highest BCUT2D eigenvalue weighted by molar-refractivity contribution is 5.33. The van der Waals surface area contributed by atoms with Crippen molar-refractivity contribution in [3.63, 3.8) is 0 Å². The molecule has 1 fully saturated rings. The zero-order valence-corrected chi connectivity index (χ0v) is 14.3. The van der Waals surface area contributed by atoms with E-state index in [9.17, 15) is 5.11 Å². The van der Waals surface area contributed by atoms with E-state index in [0.29, 0.717) is 5.92 Å². The fraction of sp³-hybridized carbons (Fsp3) is 0.474. The van der Waals surface area contributed by atoms with Gasteiger partial charge < -0.3 is 14.9 Å². The molecule has 1 aromatic carbocycles. The van der Waals surface area contributed by atoms with Crippen LogP contribution in [0.2, 0.25) is 0 Å². The normalized spacial score (nSPS) is 17.6. The number of hydrogen-bond donors (Lipinski definition) is 1. The van der Waals surface area contributed by atoms with Gasteiger partial charge in [0.05, 0.1) is 12.3 Å². The number of aliphatic hydroxyl groups is 1. The highest BCUT2D eigenvalue weighted by Crippen LogP contribution is 2.22. The first kappa shape index (κ1) is 16.9. The van der Waals surface area contributed by atoms with Crippen LogP contribution < -0.4 is 4.90 Å². The van der Waals surface area contributed by atoms with Crippen molar-refractivity contribution in [1.82, 2.24) is 14.9 Å². The molecule has 0 radical (unpaired) electrons. The van der Waals surface area contributed by atoms with Gasteiger partial charge in [0.2, 0.25) is 0 Å². The van der Waals surface area contributed by atoms with Gasteiger partial charge in [-0.2, -0.15) is 0 Å². The van der Waals surface area contributed by atoms with E-state index in [4.69, 9.17) is 0 Å². The number of likely N-dealkylation sites (tertiary alicyclic amines) is 1. The fourth-order valence-corrected chi connectivity index (χ4v) is 3.35. The van der Waals surface area contributed by atoms with Gasteiger partial charge >= 0.3 is 0 Å². The Bertz CT molecular complexity index is 544. The van der Waals surface area contributed by atoms with E-state index in [-0.39, 0.29) is 0 Å². The third kappa shape index (κ3) is 4.52. The largest absolute Gasteiger partial charge is 0.387 e. The maximum atomic E-state index is 10.4. The molecule has 1 saturated heterocycles. The van der Waals surface area contributed by atoms with Crippen LogP contribution in [0.5, 0.6) is 0 Å². The summed E-state index contributed by atoms with van der Waals surface area (Å²) < 4.78 is 0. The summed E-state index contributed by atoms with van der Waals surface area (Å²) in [6, 6.07) is 9.93. The zero-order valence-electron chi connectivity index (χ0n) is 14.3. The van der Waals surface area contributed by atoms with E-state index in [1.807, 2.05) is 36.5 Å². The Morgan fingerprint density at radius 2 is 1.96 bits per heavy atom. The van der Waals surface area contributed by atoms with Gasteiger partial charge in [0.25, 0.3) is 0 Å². The lowest BCUT2D eigenvalue weighted by molar-refractivity contribution is 0.0902. The number of hydrogen-bond acceptors (Lipinski definition) is 5. The minimum atomic E-state index is -0.398. The second-order valence-electron chi connectivity index (χ2n) is 6.61. The zero-order chi connectivity index (χ0) is 16.8. The van der Waals surface area contributed by atoms with Gasteiger partial charge in [0, 0.05) is 32.5 Å². The van der Waals surface area contributed by atoms with Gasteiger partial charge in [0.15, 0.2) is 0 Å². The first-order valence-electron chi connectivity index (χ1n) is 8.65. The topological polar surface area (TPSA) is 52.5 Å². The standard InChI is InChI=1S/C19H26N4O/c1-22(19-13-20-9-10-21-19)14-16-7-11-23(12-8-16)15-18(24)17-5-3-2-4-6-17/h2-6,9-10,13,16,18,24H,7-8,11-12,14-15H2,1H3/t18-/m1/s1. The quantitative estimate of drug-likeness (QED) is 0.883. The van der Waals surface area contributed by atoms with E-state index in [1.54, 1.807) is 12.4 Å². The van der Waals surface area contributed by atoms with Crippen molar-refractivity contribution in [1.29, 1.82) is 0 Å². The molecule has 3 rings (SSSR count). The molecular weight excluding hydrogens is 300 g/mol. The number of aliphatic hydroxyl groups excluding tert-OH is 1. The monoisotopic (exact) mass is 326 g/mol. The van der Waals surface area contributed by atoms with Crippen LogP contribution in [0.15, 0.2) is 48.9 Å². The van der Waals surface area contributed by atoms with Crippen molar-refractivity contribution < 1.29 is 5.11 Å². The van der Waals surface area contributed by atoms with E-state index >= 15 is 0 Å². The summed E-state index contributed by atoms with van der Waals surface area (Å²) >= 11 is 0. The van der Waals surface area contributed by atoms with E-state index < -0.39 is 6.10 Å². The predicted molar refractivity (Wildman–Crippen MR) is 95.9 cm³/mol. The third-order valence-corrected chi connectivity index (χ3v) is 4.80. The molecule has 0 spiro atoms. The smallest absolute Gasteiger partial charge is 0.146 e. The van der Waals surface area contributed by atoms with Crippen molar-refractivity contribution >= 4 is 5.82 Å². The molecule has 5 nitrogen and oxygen atoms in total. The average Bonchev–Trinajstić information content (AvgIpc) is 2.65. The minimum absolute atomic E-state index is 0.398. The molecule has 0 saturated carbocycles. The number of anilines is 1. The molecule has 0 bridgehead atoms. The first-order chi connectivity index (χ1) is 11.7. The summed E-state index contributed by atoms with van der Waals surface area (Å²) in [7, 11) is 2.08. The summed E-state index contributed by atoms with van der Waals surface area (Å²) in [5, 5.41) is 10.4. The van der Waals surface area contributed by atoms with Gasteiger partial charge in [-0.1, -0.05) is 30.3 Å². The lowest BCUT2D eigenvalue weighted by atomic mass is 9.95. The highest BCUT2D eigenvalue weighted by Gasteiger charge is 2.22. The molecule has 0 unspecified atom stereocenters. The molecule has 0 aliphatic carbocycles. The van der Waals surface area contributed by atoms with Crippen LogP contribution in [0.1, 0.15) is 24.5 Å². The van der Waals surface area contributed by atoms with Crippen LogP contribution in [0.25, 0.3) is 0 Å². The van der Waals surface area contributed by atoms with Crippen molar-refractivity contribution in [3.05, 3.63) is 54.5 Å². The number of piperidine rings is 1. The SMILES string of the molecule is CN(CC1CCN(C[C@@H](O)c2ccccc2)CC1)c1cnccn1. The van der Waals surface area contributed by atoms with Gasteiger partial charge in [-0.25, -0.2) is 4.98 Å². The fourth-order valence-electron chi connectivity index (χ4n) is 3.35. The van der Waals surface area contributed by atoms with Crippen LogP contribution in [-0.4, -0.2) is 53.2 Å². The summed E-state index contributed by atoms with van der Waals surface area (Å²) in [6.45, 7) is 3.82. The lowest BCUT2D eigenvalue weighted by Gasteiger charge is -2.35. The molecule has 1 N–H and O–H groups in total. The summed E-state index contributed by atoms with van der Waals surface area (Å²) in [4.78, 5) is 13.0. The Kier molecular flexibility index (Phi) is 5.77. The molecular formula is C19H26N4O. The minimum Gasteiger partial charge on any atom is -0.387 e. The summed E-state index contributed by atoms with van der Waals surface area (Å²) in [5.41, 5.74) is 1.00. The maximum Gasteiger partial charge on any atom is 0.146 e. The van der Waals surface area contributed by atoms with Crippen LogP contribution in [0.3, 0.4) is 0 Å². The second-order valence-corrected chi connectivity index (χ2v) is 6.61. The Hall–Kier alpha value is -1.98. The molecule has 1 aromatic heterocycles. The predicted octanol–water partition coefficient (Wildman–Crippen LogP) is 2.36. The number of rotatable bonds is 6. The molecule has 128 valence electrons. The number of aromatic nitrogens is 2. The second kappa shape index (κ2) is 8.22. The highest BCUT2D eigenvalue weighted by atomic mass is 16.3. The van der Waals surface area contributed by atoms with Crippen LogP contribution in [0, 0.1) is 5.92 Å². The Morgan fingerprint density at radius 3 is 2.62 bits per heavy atom. The number of benzene rings is 1. The van der Waals surface area contributed by atoms with E-state index in [2.05, 4.69) is 26.8 Å². The molecule has 1 atom stereocenters. The molecule has 24 heavy (non-hydrogen) atoms.